The number of sulfonamides is 1. The van der Waals surface area contributed by atoms with E-state index in [0.717, 1.165) is 81.6 Å². The van der Waals surface area contributed by atoms with Crippen molar-refractivity contribution in [1.29, 1.82) is 0 Å². The molecule has 0 atom stereocenters. The number of methoxy groups -OCH3 is 1. The Morgan fingerprint density at radius 1 is 1.23 bits per heavy atom. The Labute approximate surface area is 263 Å². The first kappa shape index (κ1) is 33.9. The van der Waals surface area contributed by atoms with Crippen LogP contribution in [0.1, 0.15) is 68.7 Å². The zero-order chi connectivity index (χ0) is 31.9. The normalized spacial score (nSPS) is 18.0. The molecule has 3 heterocycles. The lowest BCUT2D eigenvalue weighted by atomic mass is 9.83. The molecule has 2 fully saturated rings. The van der Waals surface area contributed by atoms with E-state index >= 15 is 0 Å². The van der Waals surface area contributed by atoms with Crippen molar-refractivity contribution < 1.29 is 23.0 Å². The van der Waals surface area contributed by atoms with E-state index in [1.54, 1.807) is 12.3 Å². The van der Waals surface area contributed by atoms with Crippen LogP contribution in [0, 0.1) is 12.8 Å². The third-order valence-electron chi connectivity index (χ3n) is 8.47. The maximum atomic E-state index is 12.2. The smallest absolute Gasteiger partial charge is 0.238 e. The molecule has 1 aromatic heterocycles. The van der Waals surface area contributed by atoms with Crippen LogP contribution < -0.4 is 9.46 Å². The lowest BCUT2D eigenvalue weighted by molar-refractivity contribution is -0.0136. The summed E-state index contributed by atoms with van der Waals surface area (Å²) >= 11 is 0. The molecule has 2 aliphatic heterocycles. The molecule has 242 valence electrons. The van der Waals surface area contributed by atoms with E-state index in [1.165, 1.54) is 12.7 Å². The Bertz CT molecular complexity index is 1440. The highest BCUT2D eigenvalue weighted by Crippen LogP contribution is 2.31. The van der Waals surface area contributed by atoms with Crippen molar-refractivity contribution in [1.82, 2.24) is 14.8 Å². The molecule has 11 heteroatoms. The summed E-state index contributed by atoms with van der Waals surface area (Å²) in [6, 6.07) is 8.05. The Balaban J connectivity index is 1.78. The number of rotatable bonds is 12. The van der Waals surface area contributed by atoms with Crippen LogP contribution in [0.5, 0.6) is 5.88 Å². The number of benzene rings is 1. The van der Waals surface area contributed by atoms with Gasteiger partial charge in [-0.3, -0.25) is 9.62 Å². The van der Waals surface area contributed by atoms with Crippen molar-refractivity contribution in [2.75, 3.05) is 57.5 Å². The Morgan fingerprint density at radius 2 is 1.93 bits per heavy atom. The van der Waals surface area contributed by atoms with Gasteiger partial charge in [0.2, 0.25) is 15.9 Å². The topological polar surface area (TPSA) is 117 Å². The molecule has 0 radical (unpaired) electrons. The van der Waals surface area contributed by atoms with Gasteiger partial charge in [0.1, 0.15) is 11.5 Å². The molecule has 0 saturated carbocycles. The number of aromatic nitrogens is 1. The zero-order valence-corrected chi connectivity index (χ0v) is 27.9. The van der Waals surface area contributed by atoms with E-state index in [1.807, 2.05) is 13.8 Å². The van der Waals surface area contributed by atoms with Crippen LogP contribution in [0.15, 0.2) is 47.4 Å². The van der Waals surface area contributed by atoms with Crippen LogP contribution in [-0.4, -0.2) is 92.4 Å². The van der Waals surface area contributed by atoms with E-state index in [-0.39, 0.29) is 11.6 Å². The standard InChI is InChI=1S/C33H49N5O5S/c1-7-8-12-30(38-17-19-43-20-18-38)35-31(26-21-29(36-44(6,40)41)32(42-5)34-22-26)28-11-9-10-25(24(28)2)23-37-15-13-27(14-16-37)33(3,4)39/h9-12,21-22,27,36,39H,7-8,13-20,23H2,1-6H3/b30-12-,35-31-. The van der Waals surface area contributed by atoms with Gasteiger partial charge in [0.15, 0.2) is 0 Å². The molecule has 0 spiro atoms. The van der Waals surface area contributed by atoms with Gasteiger partial charge in [-0.15, -0.1) is 0 Å². The van der Waals surface area contributed by atoms with E-state index in [0.29, 0.717) is 30.4 Å². The zero-order valence-electron chi connectivity index (χ0n) is 27.1. The number of unbranched alkanes of at least 4 members (excludes halogenated alkanes) is 1. The average molecular weight is 628 g/mol. The molecule has 0 bridgehead atoms. The number of hydrogen-bond donors (Lipinski definition) is 2. The number of hydrogen-bond acceptors (Lipinski definition) is 9. The number of allylic oxidation sites excluding steroid dienone is 1. The summed E-state index contributed by atoms with van der Waals surface area (Å²) in [7, 11) is -2.11. The molecule has 10 nitrogen and oxygen atoms in total. The molecule has 2 saturated heterocycles. The van der Waals surface area contributed by atoms with Gasteiger partial charge in [-0.2, -0.15) is 0 Å². The molecule has 0 aliphatic carbocycles. The molecule has 1 aromatic carbocycles. The quantitative estimate of drug-likeness (QED) is 0.329. The summed E-state index contributed by atoms with van der Waals surface area (Å²) in [5.41, 5.74) is 4.27. The van der Waals surface area contributed by atoms with Crippen LogP contribution in [-0.2, 0) is 21.3 Å². The van der Waals surface area contributed by atoms with Crippen molar-refractivity contribution in [3.63, 3.8) is 0 Å². The Kier molecular flexibility index (Phi) is 11.4. The number of morpholine rings is 1. The van der Waals surface area contributed by atoms with Crippen LogP contribution >= 0.6 is 0 Å². The first-order valence-electron chi connectivity index (χ1n) is 15.6. The summed E-state index contributed by atoms with van der Waals surface area (Å²) in [6.07, 6.45) is 8.77. The first-order chi connectivity index (χ1) is 20.9. The highest BCUT2D eigenvalue weighted by atomic mass is 32.2. The van der Waals surface area contributed by atoms with Crippen molar-refractivity contribution in [2.45, 2.75) is 65.5 Å². The molecule has 2 N–H and O–H groups in total. The molecule has 2 aliphatic rings. The second-order valence-corrected chi connectivity index (χ2v) is 14.1. The molecular formula is C33H49N5O5S. The van der Waals surface area contributed by atoms with Gasteiger partial charge in [-0.25, -0.2) is 18.4 Å². The van der Waals surface area contributed by atoms with E-state index in [4.69, 9.17) is 14.5 Å². The number of aliphatic imine (C=N–C) groups is 1. The number of anilines is 1. The van der Waals surface area contributed by atoms with Crippen molar-refractivity contribution in [2.24, 2.45) is 10.9 Å². The minimum Gasteiger partial charge on any atom is -0.480 e. The number of aliphatic hydroxyl groups is 1. The molecule has 4 rings (SSSR count). The minimum atomic E-state index is -3.58. The fraction of sp³-hybridized carbons (Fsp3) is 0.576. The summed E-state index contributed by atoms with van der Waals surface area (Å²) in [5.74, 6) is 1.36. The highest BCUT2D eigenvalue weighted by molar-refractivity contribution is 7.92. The third-order valence-corrected chi connectivity index (χ3v) is 9.06. The number of pyridine rings is 1. The van der Waals surface area contributed by atoms with Gasteiger partial charge in [-0.1, -0.05) is 31.5 Å². The van der Waals surface area contributed by atoms with Gasteiger partial charge in [0.25, 0.3) is 0 Å². The van der Waals surface area contributed by atoms with Crippen molar-refractivity contribution in [3.8, 4) is 5.88 Å². The number of piperidine rings is 1. The molecular weight excluding hydrogens is 578 g/mol. The average Bonchev–Trinajstić information content (AvgIpc) is 2.98. The molecule has 44 heavy (non-hydrogen) atoms. The van der Waals surface area contributed by atoms with Crippen LogP contribution in [0.4, 0.5) is 5.69 Å². The second-order valence-electron chi connectivity index (χ2n) is 12.4. The first-order valence-corrected chi connectivity index (χ1v) is 17.5. The van der Waals surface area contributed by atoms with Gasteiger partial charge >= 0.3 is 0 Å². The fourth-order valence-corrected chi connectivity index (χ4v) is 6.42. The largest absolute Gasteiger partial charge is 0.480 e. The summed E-state index contributed by atoms with van der Waals surface area (Å²) < 4.78 is 38.0. The molecule has 2 aromatic rings. The van der Waals surface area contributed by atoms with Gasteiger partial charge in [0.05, 0.1) is 37.9 Å². The SMILES string of the molecule is CCC/C=C(/N=C(/c1cnc(OC)c(NS(C)(=O)=O)c1)c1cccc(CN2CCC(C(C)(C)O)CC2)c1C)N1CCOCC1. The fourth-order valence-electron chi connectivity index (χ4n) is 5.87. The Hall–Kier alpha value is -2.99. The second kappa shape index (κ2) is 14.9. The summed E-state index contributed by atoms with van der Waals surface area (Å²) in [5, 5.41) is 10.5. The predicted octanol–water partition coefficient (Wildman–Crippen LogP) is 4.56. The maximum absolute atomic E-state index is 12.2. The lowest BCUT2D eigenvalue weighted by Gasteiger charge is -2.38. The van der Waals surface area contributed by atoms with Crippen LogP contribution in [0.3, 0.4) is 0 Å². The van der Waals surface area contributed by atoms with Gasteiger partial charge < -0.3 is 19.5 Å². The molecule has 0 amide bonds. The van der Waals surface area contributed by atoms with E-state index in [9.17, 15) is 13.5 Å². The summed E-state index contributed by atoms with van der Waals surface area (Å²) in [6.45, 7) is 13.5. The van der Waals surface area contributed by atoms with Crippen molar-refractivity contribution in [3.05, 3.63) is 64.6 Å². The van der Waals surface area contributed by atoms with Gasteiger partial charge in [-0.05, 0) is 82.3 Å². The predicted molar refractivity (Wildman–Crippen MR) is 176 cm³/mol. The number of nitrogens with zero attached hydrogens (tertiary/aromatic N) is 4. The Morgan fingerprint density at radius 3 is 2.55 bits per heavy atom. The number of ether oxygens (including phenoxy) is 2. The van der Waals surface area contributed by atoms with Crippen LogP contribution in [0.25, 0.3) is 0 Å². The van der Waals surface area contributed by atoms with Gasteiger partial charge in [0, 0.05) is 37.0 Å². The third kappa shape index (κ3) is 9.03. The maximum Gasteiger partial charge on any atom is 0.238 e. The minimum absolute atomic E-state index is 0.188. The lowest BCUT2D eigenvalue weighted by Crippen LogP contribution is -2.41. The summed E-state index contributed by atoms with van der Waals surface area (Å²) in [4.78, 5) is 14.5. The molecule has 0 unspecified atom stereocenters. The number of nitrogens with one attached hydrogen (secondary N) is 1. The van der Waals surface area contributed by atoms with E-state index < -0.39 is 15.6 Å². The monoisotopic (exact) mass is 627 g/mol. The number of likely N-dealkylation sites (tertiary alicyclic amines) is 1. The highest BCUT2D eigenvalue weighted by Gasteiger charge is 2.30. The van der Waals surface area contributed by atoms with E-state index in [2.05, 4.69) is 57.6 Å². The van der Waals surface area contributed by atoms with Crippen molar-refractivity contribution >= 4 is 21.4 Å². The van der Waals surface area contributed by atoms with Crippen LogP contribution in [0.2, 0.25) is 0 Å².